The van der Waals surface area contributed by atoms with Gasteiger partial charge in [0.1, 0.15) is 4.90 Å². The Kier molecular flexibility index (Phi) is 4.67. The van der Waals surface area contributed by atoms with E-state index in [2.05, 4.69) is 4.72 Å². The van der Waals surface area contributed by atoms with Gasteiger partial charge in [-0.05, 0) is 24.6 Å². The monoisotopic (exact) mass is 276 g/mol. The molecule has 96 valence electrons. The largest absolute Gasteiger partial charge is 0.398 e. The molecule has 17 heavy (non-hydrogen) atoms. The van der Waals surface area contributed by atoms with Crippen molar-refractivity contribution in [1.82, 2.24) is 4.72 Å². The Bertz CT molecular complexity index is 526. The van der Waals surface area contributed by atoms with Crippen molar-refractivity contribution in [3.8, 4) is 0 Å². The fourth-order valence-electron chi connectivity index (χ4n) is 1.31. The van der Waals surface area contributed by atoms with Crippen LogP contribution in [0.2, 0.25) is 0 Å². The first-order valence-corrected chi connectivity index (χ1v) is 8.20. The van der Waals surface area contributed by atoms with E-state index in [4.69, 9.17) is 5.73 Å². The zero-order valence-corrected chi connectivity index (χ0v) is 11.4. The van der Waals surface area contributed by atoms with Crippen LogP contribution in [0, 0.1) is 6.92 Å². The second-order valence-corrected chi connectivity index (χ2v) is 7.01. The highest BCUT2D eigenvalue weighted by Crippen LogP contribution is 2.18. The minimum Gasteiger partial charge on any atom is -0.398 e. The van der Waals surface area contributed by atoms with Gasteiger partial charge in [0.25, 0.3) is 0 Å². The molecule has 0 aliphatic heterocycles. The summed E-state index contributed by atoms with van der Waals surface area (Å²) in [5.41, 5.74) is 6.78. The third-order valence-electron chi connectivity index (χ3n) is 2.14. The van der Waals surface area contributed by atoms with Crippen LogP contribution in [0.3, 0.4) is 0 Å². The van der Waals surface area contributed by atoms with Crippen LogP contribution in [-0.4, -0.2) is 31.2 Å². The summed E-state index contributed by atoms with van der Waals surface area (Å²) in [6.45, 7) is 1.97. The minimum absolute atomic E-state index is 0.0602. The number of aryl methyl sites for hydroxylation is 1. The van der Waals surface area contributed by atoms with Crippen molar-refractivity contribution in [1.29, 1.82) is 0 Å². The maximum Gasteiger partial charge on any atom is 0.242 e. The number of nitrogen functional groups attached to an aromatic ring is 1. The number of rotatable bonds is 5. The van der Waals surface area contributed by atoms with E-state index < -0.39 is 20.8 Å². The third-order valence-corrected chi connectivity index (χ3v) is 4.45. The first kappa shape index (κ1) is 14.1. The second kappa shape index (κ2) is 5.61. The summed E-state index contributed by atoms with van der Waals surface area (Å²) < 4.78 is 36.9. The molecule has 0 bridgehead atoms. The lowest BCUT2D eigenvalue weighted by molar-refractivity contribution is 0.584. The zero-order valence-electron chi connectivity index (χ0n) is 9.76. The van der Waals surface area contributed by atoms with Crippen molar-refractivity contribution >= 4 is 26.5 Å². The fourth-order valence-corrected chi connectivity index (χ4v) is 2.97. The van der Waals surface area contributed by atoms with Crippen LogP contribution < -0.4 is 10.5 Å². The molecule has 5 nitrogen and oxygen atoms in total. The highest BCUT2D eigenvalue weighted by Gasteiger charge is 2.16. The van der Waals surface area contributed by atoms with Crippen molar-refractivity contribution in [3.05, 3.63) is 23.8 Å². The molecule has 1 aromatic rings. The van der Waals surface area contributed by atoms with Crippen LogP contribution in [0.15, 0.2) is 23.1 Å². The normalized spacial score (nSPS) is 13.5. The van der Waals surface area contributed by atoms with Crippen molar-refractivity contribution in [3.63, 3.8) is 0 Å². The molecule has 0 spiro atoms. The molecule has 0 aliphatic rings. The fraction of sp³-hybridized carbons (Fsp3) is 0.400. The van der Waals surface area contributed by atoms with E-state index in [0.29, 0.717) is 0 Å². The lowest BCUT2D eigenvalue weighted by Gasteiger charge is -2.09. The molecule has 0 aromatic heterocycles. The average Bonchev–Trinajstić information content (AvgIpc) is 2.15. The predicted molar refractivity (Wildman–Crippen MR) is 69.7 cm³/mol. The molecule has 0 heterocycles. The number of benzene rings is 1. The standard InChI is InChI=1S/C10H16N2O3S2/c1-8-3-4-10(9(11)7-8)17(14,15)12-5-6-16(2)13/h3-4,7,12H,5-6,11H2,1-2H3. The van der Waals surface area contributed by atoms with Crippen LogP contribution in [0.5, 0.6) is 0 Å². The van der Waals surface area contributed by atoms with Crippen LogP contribution in [0.1, 0.15) is 5.56 Å². The summed E-state index contributed by atoms with van der Waals surface area (Å²) in [6.07, 6.45) is 1.52. The van der Waals surface area contributed by atoms with Gasteiger partial charge in [0.2, 0.25) is 10.0 Å². The molecular weight excluding hydrogens is 260 g/mol. The smallest absolute Gasteiger partial charge is 0.242 e. The Balaban J connectivity index is 2.86. The summed E-state index contributed by atoms with van der Waals surface area (Å²) in [7, 11) is -4.64. The molecule has 0 amide bonds. The van der Waals surface area contributed by atoms with E-state index in [1.54, 1.807) is 12.1 Å². The predicted octanol–water partition coefficient (Wildman–Crippen LogP) is 0.234. The molecule has 7 heteroatoms. The summed E-state index contributed by atoms with van der Waals surface area (Å²) >= 11 is 0. The maximum atomic E-state index is 11.9. The van der Waals surface area contributed by atoms with Gasteiger partial charge in [0, 0.05) is 29.4 Å². The molecule has 3 N–H and O–H groups in total. The number of hydrogen-bond acceptors (Lipinski definition) is 4. The molecular formula is C10H16N2O3S2. The number of hydrogen-bond donors (Lipinski definition) is 2. The summed E-state index contributed by atoms with van der Waals surface area (Å²) in [5.74, 6) is 0.283. The zero-order chi connectivity index (χ0) is 13.1. The van der Waals surface area contributed by atoms with Gasteiger partial charge in [-0.1, -0.05) is 6.07 Å². The van der Waals surface area contributed by atoms with Crippen LogP contribution >= 0.6 is 0 Å². The number of sulfonamides is 1. The first-order valence-electron chi connectivity index (χ1n) is 4.99. The van der Waals surface area contributed by atoms with Crippen molar-refractivity contribution in [2.45, 2.75) is 11.8 Å². The Morgan fingerprint density at radius 3 is 2.59 bits per heavy atom. The molecule has 1 rings (SSSR count). The van der Waals surface area contributed by atoms with Crippen LogP contribution in [0.4, 0.5) is 5.69 Å². The van der Waals surface area contributed by atoms with Gasteiger partial charge in [0.15, 0.2) is 0 Å². The van der Waals surface area contributed by atoms with Gasteiger partial charge in [0.05, 0.1) is 5.69 Å². The Hall–Kier alpha value is -0.920. The van der Waals surface area contributed by atoms with E-state index >= 15 is 0 Å². The molecule has 0 saturated carbocycles. The lowest BCUT2D eigenvalue weighted by Crippen LogP contribution is -2.28. The molecule has 0 fully saturated rings. The highest BCUT2D eigenvalue weighted by atomic mass is 32.2. The quantitative estimate of drug-likeness (QED) is 0.754. The van der Waals surface area contributed by atoms with Gasteiger partial charge in [-0.15, -0.1) is 0 Å². The molecule has 1 atom stereocenters. The molecule has 1 unspecified atom stereocenters. The lowest BCUT2D eigenvalue weighted by atomic mass is 10.2. The highest BCUT2D eigenvalue weighted by molar-refractivity contribution is 7.89. The number of anilines is 1. The Morgan fingerprint density at radius 2 is 2.06 bits per heavy atom. The molecule has 1 aromatic carbocycles. The van der Waals surface area contributed by atoms with E-state index in [9.17, 15) is 12.6 Å². The van der Waals surface area contributed by atoms with E-state index in [1.807, 2.05) is 6.92 Å². The third kappa shape index (κ3) is 4.10. The summed E-state index contributed by atoms with van der Waals surface area (Å²) in [6, 6.07) is 4.76. The minimum atomic E-state index is -3.61. The van der Waals surface area contributed by atoms with Crippen molar-refractivity contribution in [2.24, 2.45) is 0 Å². The number of nitrogens with two attached hydrogens (primary N) is 1. The van der Waals surface area contributed by atoms with Gasteiger partial charge in [-0.2, -0.15) is 0 Å². The van der Waals surface area contributed by atoms with E-state index in [1.165, 1.54) is 12.3 Å². The first-order chi connectivity index (χ1) is 7.83. The Morgan fingerprint density at radius 1 is 1.41 bits per heavy atom. The molecule has 0 aliphatic carbocycles. The van der Waals surface area contributed by atoms with Gasteiger partial charge < -0.3 is 5.73 Å². The summed E-state index contributed by atoms with van der Waals surface area (Å²) in [4.78, 5) is 0.0602. The average molecular weight is 276 g/mol. The molecule has 0 radical (unpaired) electrons. The van der Waals surface area contributed by atoms with Crippen LogP contribution in [-0.2, 0) is 20.8 Å². The van der Waals surface area contributed by atoms with Crippen LogP contribution in [0.25, 0.3) is 0 Å². The topological polar surface area (TPSA) is 89.3 Å². The van der Waals surface area contributed by atoms with Gasteiger partial charge in [-0.25, -0.2) is 13.1 Å². The van der Waals surface area contributed by atoms with E-state index in [0.717, 1.165) is 5.56 Å². The number of nitrogens with one attached hydrogen (secondary N) is 1. The molecule has 0 saturated heterocycles. The van der Waals surface area contributed by atoms with Gasteiger partial charge in [-0.3, -0.25) is 4.21 Å². The van der Waals surface area contributed by atoms with Crippen molar-refractivity contribution < 1.29 is 12.6 Å². The SMILES string of the molecule is Cc1ccc(S(=O)(=O)NCCS(C)=O)c(N)c1. The second-order valence-electron chi connectivity index (χ2n) is 3.72. The van der Waals surface area contributed by atoms with Gasteiger partial charge >= 0.3 is 0 Å². The van der Waals surface area contributed by atoms with Crippen molar-refractivity contribution in [2.75, 3.05) is 24.3 Å². The summed E-state index contributed by atoms with van der Waals surface area (Å²) in [5, 5.41) is 0. The van der Waals surface area contributed by atoms with E-state index in [-0.39, 0.29) is 22.9 Å². The Labute approximate surface area is 104 Å². The maximum absolute atomic E-state index is 11.9.